The van der Waals surface area contributed by atoms with Crippen LogP contribution in [0.3, 0.4) is 0 Å². The molecule has 2 aromatic rings. The lowest BCUT2D eigenvalue weighted by Gasteiger charge is -2.10. The minimum atomic E-state index is 0.438. The van der Waals surface area contributed by atoms with Gasteiger partial charge in [-0.3, -0.25) is 0 Å². The van der Waals surface area contributed by atoms with Gasteiger partial charge in [0, 0.05) is 21.4 Å². The molecule has 0 atom stereocenters. The molecule has 6 heteroatoms. The number of hydrogen-bond acceptors (Lipinski definition) is 3. The number of benzene rings is 1. The van der Waals surface area contributed by atoms with Gasteiger partial charge in [0.25, 0.3) is 0 Å². The zero-order chi connectivity index (χ0) is 13.1. The first-order valence-electron chi connectivity index (χ1n) is 5.34. The second-order valence-corrected chi connectivity index (χ2v) is 5.66. The highest BCUT2D eigenvalue weighted by molar-refractivity contribution is 9.11. The highest BCUT2D eigenvalue weighted by Gasteiger charge is 2.07. The van der Waals surface area contributed by atoms with E-state index in [-0.39, 0.29) is 0 Å². The fourth-order valence-corrected chi connectivity index (χ4v) is 2.83. The summed E-state index contributed by atoms with van der Waals surface area (Å²) in [6, 6.07) is 7.56. The Bertz CT molecular complexity index is 555. The van der Waals surface area contributed by atoms with Crippen molar-refractivity contribution in [3.05, 3.63) is 44.2 Å². The van der Waals surface area contributed by atoms with Crippen LogP contribution in [-0.4, -0.2) is 9.97 Å². The molecule has 1 heterocycles. The molecule has 0 spiro atoms. The van der Waals surface area contributed by atoms with Gasteiger partial charge in [-0.05, 0) is 44.0 Å². The van der Waals surface area contributed by atoms with Gasteiger partial charge in [0.1, 0.15) is 16.8 Å². The van der Waals surface area contributed by atoms with Gasteiger partial charge >= 0.3 is 0 Å². The highest BCUT2D eigenvalue weighted by atomic mass is 79.9. The summed E-state index contributed by atoms with van der Waals surface area (Å²) in [7, 11) is 0. The minimum absolute atomic E-state index is 0.438. The standard InChI is InChI=1S/C12H10Br2ClN3/c1-2-10-16-9(15)6-11(17-10)18-12-7(13)4-3-5-8(12)14/h3-6H,2H2,1H3,(H,16,17,18). The molecule has 0 fully saturated rings. The molecule has 1 aromatic heterocycles. The lowest BCUT2D eigenvalue weighted by atomic mass is 10.3. The lowest BCUT2D eigenvalue weighted by Crippen LogP contribution is -2.00. The van der Waals surface area contributed by atoms with Gasteiger partial charge < -0.3 is 5.32 Å². The van der Waals surface area contributed by atoms with E-state index < -0.39 is 0 Å². The van der Waals surface area contributed by atoms with E-state index in [1.807, 2.05) is 25.1 Å². The first-order chi connectivity index (χ1) is 8.60. The van der Waals surface area contributed by atoms with E-state index in [0.717, 1.165) is 21.1 Å². The van der Waals surface area contributed by atoms with Crippen molar-refractivity contribution < 1.29 is 0 Å². The van der Waals surface area contributed by atoms with E-state index >= 15 is 0 Å². The largest absolute Gasteiger partial charge is 0.338 e. The molecule has 0 aliphatic carbocycles. The molecule has 0 unspecified atom stereocenters. The van der Waals surface area contributed by atoms with Crippen LogP contribution in [0.1, 0.15) is 12.7 Å². The summed E-state index contributed by atoms with van der Waals surface area (Å²) in [5.41, 5.74) is 0.911. The van der Waals surface area contributed by atoms with Crippen molar-refractivity contribution in [1.29, 1.82) is 0 Å². The molecular formula is C12H10Br2ClN3. The third-order valence-electron chi connectivity index (χ3n) is 2.27. The van der Waals surface area contributed by atoms with Crippen molar-refractivity contribution >= 4 is 55.0 Å². The van der Waals surface area contributed by atoms with E-state index in [1.165, 1.54) is 0 Å². The van der Waals surface area contributed by atoms with Gasteiger partial charge in [0.15, 0.2) is 0 Å². The Morgan fingerprint density at radius 2 is 1.89 bits per heavy atom. The maximum absolute atomic E-state index is 5.96. The molecule has 3 nitrogen and oxygen atoms in total. The van der Waals surface area contributed by atoms with Crippen molar-refractivity contribution in [2.24, 2.45) is 0 Å². The topological polar surface area (TPSA) is 37.8 Å². The summed E-state index contributed by atoms with van der Waals surface area (Å²) in [5.74, 6) is 1.40. The van der Waals surface area contributed by atoms with Crippen LogP contribution in [0.2, 0.25) is 5.15 Å². The van der Waals surface area contributed by atoms with Crippen LogP contribution in [0, 0.1) is 0 Å². The predicted molar refractivity (Wildman–Crippen MR) is 81.5 cm³/mol. The van der Waals surface area contributed by atoms with Crippen molar-refractivity contribution in [1.82, 2.24) is 9.97 Å². The number of nitrogens with zero attached hydrogens (tertiary/aromatic N) is 2. The third-order valence-corrected chi connectivity index (χ3v) is 3.79. The van der Waals surface area contributed by atoms with E-state index in [2.05, 4.69) is 47.1 Å². The summed E-state index contributed by atoms with van der Waals surface area (Å²) < 4.78 is 1.90. The Balaban J connectivity index is 2.37. The average Bonchev–Trinajstić information content (AvgIpc) is 2.33. The minimum Gasteiger partial charge on any atom is -0.338 e. The van der Waals surface area contributed by atoms with Crippen molar-refractivity contribution in [2.75, 3.05) is 5.32 Å². The van der Waals surface area contributed by atoms with Crippen LogP contribution in [0.5, 0.6) is 0 Å². The number of hydrogen-bond donors (Lipinski definition) is 1. The van der Waals surface area contributed by atoms with E-state index in [9.17, 15) is 0 Å². The van der Waals surface area contributed by atoms with Gasteiger partial charge in [-0.15, -0.1) is 0 Å². The smallest absolute Gasteiger partial charge is 0.135 e. The molecule has 0 amide bonds. The van der Waals surface area contributed by atoms with Crippen LogP contribution in [-0.2, 0) is 6.42 Å². The molecule has 18 heavy (non-hydrogen) atoms. The number of rotatable bonds is 3. The third kappa shape index (κ3) is 3.22. The molecule has 0 saturated heterocycles. The number of anilines is 2. The quantitative estimate of drug-likeness (QED) is 0.752. The molecule has 0 aliphatic heterocycles. The Morgan fingerprint density at radius 3 is 2.50 bits per heavy atom. The summed E-state index contributed by atoms with van der Waals surface area (Å²) in [4.78, 5) is 8.51. The Kier molecular flexibility index (Phi) is 4.59. The number of nitrogens with one attached hydrogen (secondary N) is 1. The van der Waals surface area contributed by atoms with Gasteiger partial charge in [0.05, 0.1) is 5.69 Å². The zero-order valence-electron chi connectivity index (χ0n) is 9.54. The zero-order valence-corrected chi connectivity index (χ0v) is 13.5. The molecule has 94 valence electrons. The first-order valence-corrected chi connectivity index (χ1v) is 7.31. The van der Waals surface area contributed by atoms with Gasteiger partial charge in [-0.25, -0.2) is 9.97 Å². The van der Waals surface area contributed by atoms with E-state index in [0.29, 0.717) is 16.8 Å². The molecule has 2 rings (SSSR count). The van der Waals surface area contributed by atoms with Crippen LogP contribution in [0.15, 0.2) is 33.2 Å². The second kappa shape index (κ2) is 5.99. The Labute approximate surface area is 127 Å². The summed E-state index contributed by atoms with van der Waals surface area (Å²) in [5, 5.41) is 3.66. The molecule has 0 bridgehead atoms. The lowest BCUT2D eigenvalue weighted by molar-refractivity contribution is 0.943. The van der Waals surface area contributed by atoms with Crippen molar-refractivity contribution in [3.63, 3.8) is 0 Å². The van der Waals surface area contributed by atoms with Crippen LogP contribution < -0.4 is 5.32 Å². The Hall–Kier alpha value is -0.650. The summed E-state index contributed by atoms with van der Waals surface area (Å²) in [6.07, 6.45) is 0.742. The van der Waals surface area contributed by atoms with Crippen LogP contribution in [0.25, 0.3) is 0 Å². The molecule has 0 radical (unpaired) electrons. The van der Waals surface area contributed by atoms with Crippen molar-refractivity contribution in [2.45, 2.75) is 13.3 Å². The van der Waals surface area contributed by atoms with E-state index in [1.54, 1.807) is 6.07 Å². The second-order valence-electron chi connectivity index (χ2n) is 3.57. The van der Waals surface area contributed by atoms with Crippen molar-refractivity contribution in [3.8, 4) is 0 Å². The maximum atomic E-state index is 5.96. The SMILES string of the molecule is CCc1nc(Cl)cc(Nc2c(Br)cccc2Br)n1. The molecule has 1 N–H and O–H groups in total. The fraction of sp³-hybridized carbons (Fsp3) is 0.167. The normalized spacial score (nSPS) is 10.4. The monoisotopic (exact) mass is 389 g/mol. The first kappa shape index (κ1) is 13.8. The fourth-order valence-electron chi connectivity index (χ4n) is 1.43. The Morgan fingerprint density at radius 1 is 1.22 bits per heavy atom. The van der Waals surface area contributed by atoms with Gasteiger partial charge in [0.2, 0.25) is 0 Å². The molecule has 0 saturated carbocycles. The number of aromatic nitrogens is 2. The number of halogens is 3. The predicted octanol–water partition coefficient (Wildman–Crippen LogP) is 4.96. The van der Waals surface area contributed by atoms with Crippen LogP contribution in [0.4, 0.5) is 11.5 Å². The number of aryl methyl sites for hydroxylation is 1. The maximum Gasteiger partial charge on any atom is 0.135 e. The number of para-hydroxylation sites is 1. The summed E-state index contributed by atoms with van der Waals surface area (Å²) >= 11 is 12.9. The summed E-state index contributed by atoms with van der Waals surface area (Å²) in [6.45, 7) is 1.99. The molecule has 1 aromatic carbocycles. The van der Waals surface area contributed by atoms with Gasteiger partial charge in [-0.2, -0.15) is 0 Å². The van der Waals surface area contributed by atoms with Gasteiger partial charge in [-0.1, -0.05) is 24.6 Å². The highest BCUT2D eigenvalue weighted by Crippen LogP contribution is 2.32. The molecule has 0 aliphatic rings. The average molecular weight is 391 g/mol. The molecular weight excluding hydrogens is 381 g/mol. The van der Waals surface area contributed by atoms with E-state index in [4.69, 9.17) is 11.6 Å². The van der Waals surface area contributed by atoms with Crippen LogP contribution >= 0.6 is 43.5 Å².